The van der Waals surface area contributed by atoms with Crippen LogP contribution in [-0.2, 0) is 14.2 Å². The maximum Gasteiger partial charge on any atom is 0.411 e. The van der Waals surface area contributed by atoms with Crippen LogP contribution in [0.2, 0.25) is 16.6 Å². The molecule has 2 aromatic heterocycles. The number of hydrogen-bond acceptors (Lipinski definition) is 11. The zero-order chi connectivity index (χ0) is 48.9. The normalized spacial score (nSPS) is 22.5. The number of fused-ring (bicyclic) bond motifs is 5. The quantitative estimate of drug-likeness (QED) is 0.0725. The van der Waals surface area contributed by atoms with Crippen LogP contribution >= 0.6 is 0 Å². The highest BCUT2D eigenvalue weighted by Crippen LogP contribution is 2.46. The van der Waals surface area contributed by atoms with Crippen molar-refractivity contribution in [3.05, 3.63) is 59.6 Å². The van der Waals surface area contributed by atoms with Crippen molar-refractivity contribution < 1.29 is 41.7 Å². The van der Waals surface area contributed by atoms with E-state index in [2.05, 4.69) is 57.9 Å². The van der Waals surface area contributed by atoms with E-state index in [9.17, 15) is 9.18 Å². The number of piperazine rings is 1. The largest absolute Gasteiger partial charge is 0.468 e. The number of halogens is 3. The average molecular weight is 957 g/mol. The summed E-state index contributed by atoms with van der Waals surface area (Å²) in [4.78, 5) is 34.6. The van der Waals surface area contributed by atoms with Crippen molar-refractivity contribution in [3.8, 4) is 34.5 Å². The number of hydrogen-bond donors (Lipinski definition) is 0. The number of methoxy groups -OCH3 is 2. The van der Waals surface area contributed by atoms with Gasteiger partial charge >= 0.3 is 12.1 Å². The van der Waals surface area contributed by atoms with E-state index in [0.29, 0.717) is 95.1 Å². The van der Waals surface area contributed by atoms with Gasteiger partial charge in [0.15, 0.2) is 12.6 Å². The van der Waals surface area contributed by atoms with Gasteiger partial charge in [-0.25, -0.2) is 18.0 Å². The first kappa shape index (κ1) is 49.5. The first-order chi connectivity index (χ1) is 32.3. The van der Waals surface area contributed by atoms with Crippen molar-refractivity contribution in [3.63, 3.8) is 0 Å². The molecule has 366 valence electrons. The first-order valence-corrected chi connectivity index (χ1v) is 26.2. The minimum atomic E-state index is -2.35. The van der Waals surface area contributed by atoms with Gasteiger partial charge in [0.2, 0.25) is 0 Å². The summed E-state index contributed by atoms with van der Waals surface area (Å²) in [7, 11) is 0.770. The van der Waals surface area contributed by atoms with E-state index in [0.717, 1.165) is 19.4 Å². The summed E-state index contributed by atoms with van der Waals surface area (Å²) in [5.41, 5.74) is 3.58. The van der Waals surface area contributed by atoms with E-state index in [1.54, 1.807) is 31.5 Å². The van der Waals surface area contributed by atoms with Gasteiger partial charge in [0.05, 0.1) is 41.0 Å². The van der Waals surface area contributed by atoms with E-state index < -0.39 is 42.5 Å². The SMILES string of the molecule is COCOc1cc(-c2ncc3c(N4CC5CCC(COC)(C4)N5C(=O)OC(C)(C)C)nc(OCC45CCCN4C/C(=C\F)C5)nc3c2F)c2c(C#C[Si](C(C)C)(C(C)C)C(C)C)c(F)ccc2c1. The predicted molar refractivity (Wildman–Crippen MR) is 261 cm³/mol. The molecule has 1 amide bonds. The summed E-state index contributed by atoms with van der Waals surface area (Å²) in [6, 6.07) is 6.12. The van der Waals surface area contributed by atoms with E-state index in [-0.39, 0.29) is 54.4 Å². The number of carbonyl (C=O) groups is 1. The van der Waals surface area contributed by atoms with E-state index in [4.69, 9.17) is 38.6 Å². The van der Waals surface area contributed by atoms with Crippen LogP contribution in [0.1, 0.15) is 100.0 Å². The number of pyridine rings is 1. The van der Waals surface area contributed by atoms with Crippen LogP contribution in [0.25, 0.3) is 32.9 Å². The fraction of sp³-hybridized carbons (Fsp3) is 0.577. The van der Waals surface area contributed by atoms with Crippen molar-refractivity contribution >= 4 is 41.7 Å². The Labute approximate surface area is 399 Å². The van der Waals surface area contributed by atoms with Gasteiger partial charge in [-0.3, -0.25) is 14.8 Å². The van der Waals surface area contributed by atoms with Gasteiger partial charge in [0.1, 0.15) is 48.9 Å². The van der Waals surface area contributed by atoms with Crippen molar-refractivity contribution in [1.82, 2.24) is 24.8 Å². The Morgan fingerprint density at radius 2 is 1.74 bits per heavy atom. The lowest BCUT2D eigenvalue weighted by atomic mass is 9.94. The van der Waals surface area contributed by atoms with Crippen molar-refractivity contribution in [2.24, 2.45) is 0 Å². The predicted octanol–water partition coefficient (Wildman–Crippen LogP) is 10.8. The molecule has 4 aliphatic heterocycles. The third-order valence-electron chi connectivity index (χ3n) is 14.9. The molecule has 0 spiro atoms. The molecule has 0 radical (unpaired) electrons. The molecule has 4 saturated heterocycles. The fourth-order valence-corrected chi connectivity index (χ4v) is 17.3. The lowest BCUT2D eigenvalue weighted by Gasteiger charge is -2.49. The molecule has 0 N–H and O–H groups in total. The highest BCUT2D eigenvalue weighted by Gasteiger charge is 2.55. The summed E-state index contributed by atoms with van der Waals surface area (Å²) >= 11 is 0. The van der Waals surface area contributed by atoms with Gasteiger partial charge in [-0.1, -0.05) is 53.5 Å². The molecule has 12 nitrogen and oxygen atoms in total. The van der Waals surface area contributed by atoms with Crippen LogP contribution in [0, 0.1) is 23.1 Å². The molecule has 6 heterocycles. The highest BCUT2D eigenvalue weighted by atomic mass is 28.3. The maximum atomic E-state index is 18.1. The first-order valence-electron chi connectivity index (χ1n) is 24.0. The molecule has 4 aromatic rings. The van der Waals surface area contributed by atoms with Gasteiger partial charge in [-0.2, -0.15) is 9.97 Å². The summed E-state index contributed by atoms with van der Waals surface area (Å²) in [6.07, 6.45) is 5.41. The van der Waals surface area contributed by atoms with E-state index in [1.807, 2.05) is 30.6 Å². The topological polar surface area (TPSA) is 112 Å². The zero-order valence-electron chi connectivity index (χ0n) is 41.5. The number of amides is 1. The van der Waals surface area contributed by atoms with Gasteiger partial charge < -0.3 is 28.6 Å². The molecule has 3 unspecified atom stereocenters. The molecular formula is C52H67F3N6O6Si. The molecule has 4 aliphatic rings. The number of rotatable bonds is 13. The number of aromatic nitrogens is 3. The number of carbonyl (C=O) groups excluding carboxylic acids is 1. The van der Waals surface area contributed by atoms with Crippen molar-refractivity contribution in [2.75, 3.05) is 65.3 Å². The van der Waals surface area contributed by atoms with E-state index >= 15 is 8.78 Å². The third-order valence-corrected chi connectivity index (χ3v) is 21.2. The second-order valence-electron chi connectivity index (χ2n) is 21.3. The third kappa shape index (κ3) is 8.92. The molecule has 16 heteroatoms. The number of benzene rings is 2. The molecule has 8 rings (SSSR count). The van der Waals surface area contributed by atoms with Crippen molar-refractivity contribution in [2.45, 2.75) is 134 Å². The number of anilines is 1. The molecule has 2 aromatic carbocycles. The van der Waals surface area contributed by atoms with Crippen molar-refractivity contribution in [1.29, 1.82) is 0 Å². The van der Waals surface area contributed by atoms with Crippen LogP contribution in [0.15, 0.2) is 42.4 Å². The van der Waals surface area contributed by atoms with E-state index in [1.165, 1.54) is 13.2 Å². The Balaban J connectivity index is 1.31. The minimum absolute atomic E-state index is 0.0536. The van der Waals surface area contributed by atoms with Gasteiger partial charge in [0, 0.05) is 51.0 Å². The zero-order valence-corrected chi connectivity index (χ0v) is 42.5. The molecule has 4 fully saturated rings. The van der Waals surface area contributed by atoms with Crippen LogP contribution in [0.5, 0.6) is 11.8 Å². The Hall–Kier alpha value is -4.95. The Morgan fingerprint density at radius 3 is 2.41 bits per heavy atom. The number of nitrogens with zero attached hydrogens (tertiary/aromatic N) is 6. The summed E-state index contributed by atoms with van der Waals surface area (Å²) < 4.78 is 78.0. The molecule has 2 bridgehead atoms. The second kappa shape index (κ2) is 19.1. The maximum absolute atomic E-state index is 18.1. The van der Waals surface area contributed by atoms with Crippen LogP contribution in [-0.4, -0.2) is 122 Å². The highest BCUT2D eigenvalue weighted by molar-refractivity contribution is 6.90. The molecular weight excluding hydrogens is 890 g/mol. The molecule has 68 heavy (non-hydrogen) atoms. The smallest absolute Gasteiger partial charge is 0.411 e. The number of ether oxygens (including phenoxy) is 5. The second-order valence-corrected chi connectivity index (χ2v) is 26.8. The van der Waals surface area contributed by atoms with Gasteiger partial charge in [-0.15, -0.1) is 5.54 Å². The lowest BCUT2D eigenvalue weighted by molar-refractivity contribution is -0.0261. The Bertz CT molecular complexity index is 2640. The van der Waals surface area contributed by atoms with Gasteiger partial charge in [-0.05, 0) is 105 Å². The van der Waals surface area contributed by atoms with Crippen LogP contribution in [0.3, 0.4) is 0 Å². The minimum Gasteiger partial charge on any atom is -0.468 e. The molecule has 3 atom stereocenters. The fourth-order valence-electron chi connectivity index (χ4n) is 12.0. The standard InChI is InChI=1S/C52H67F3N6O6Si/c1-32(2)68(33(3)4,34(5)6)20-16-39-42(54)14-13-36-21-38(66-31-64-11)22-40(43(36)39)45-44(55)46-41(25-56-45)47(58-48(57-46)65-30-51-17-12-19-60(51)26-35(23-51)24-53)59-27-37-15-18-52(28-59,29-63-10)61(37)49(62)67-50(7,8)9/h13-14,21-22,24-25,32-34,37H,12,15,17-19,23,26-31H2,1-11H3/b35-24-. The Kier molecular flexibility index (Phi) is 13.9. The summed E-state index contributed by atoms with van der Waals surface area (Å²) in [5, 5.41) is 1.30. The Morgan fingerprint density at radius 1 is 0.985 bits per heavy atom. The average Bonchev–Trinajstić information content (AvgIpc) is 3.91. The lowest BCUT2D eigenvalue weighted by Crippen LogP contribution is -2.66. The summed E-state index contributed by atoms with van der Waals surface area (Å²) in [6.45, 7) is 21.0. The molecule has 0 saturated carbocycles. The summed E-state index contributed by atoms with van der Waals surface area (Å²) in [5.74, 6) is 2.79. The molecule has 0 aliphatic carbocycles. The monoisotopic (exact) mass is 956 g/mol. The van der Waals surface area contributed by atoms with Crippen LogP contribution < -0.4 is 14.4 Å². The van der Waals surface area contributed by atoms with Gasteiger partial charge in [0.25, 0.3) is 0 Å². The van der Waals surface area contributed by atoms with Crippen LogP contribution in [0.4, 0.5) is 23.8 Å².